The normalized spacial score (nSPS) is 20.7. The van der Waals surface area contributed by atoms with Gasteiger partial charge < -0.3 is 19.5 Å². The highest BCUT2D eigenvalue weighted by Gasteiger charge is 2.46. The fraction of sp³-hybridized carbons (Fsp3) is 0.286. The van der Waals surface area contributed by atoms with Crippen LogP contribution in [0.5, 0.6) is 17.2 Å². The number of aliphatic imine (C=N–C) groups is 1. The number of hydrogen-bond acceptors (Lipinski definition) is 5. The highest BCUT2D eigenvalue weighted by molar-refractivity contribution is 6.19. The molecule has 2 aliphatic heterocycles. The van der Waals surface area contributed by atoms with Gasteiger partial charge in [-0.25, -0.2) is 4.79 Å². The molecule has 150 valence electrons. The number of carbonyl (C=O) groups is 2. The van der Waals surface area contributed by atoms with E-state index < -0.39 is 12.1 Å². The van der Waals surface area contributed by atoms with Crippen LogP contribution in [-0.4, -0.2) is 45.1 Å². The zero-order valence-corrected chi connectivity index (χ0v) is 16.3. The minimum absolute atomic E-state index is 0.193. The third-order valence-electron chi connectivity index (χ3n) is 5.18. The van der Waals surface area contributed by atoms with Gasteiger partial charge in [-0.15, -0.1) is 0 Å². The maximum absolute atomic E-state index is 12.7. The molecule has 0 unspecified atom stereocenters. The van der Waals surface area contributed by atoms with Gasteiger partial charge in [0.1, 0.15) is 11.9 Å². The second-order valence-corrected chi connectivity index (χ2v) is 6.75. The van der Waals surface area contributed by atoms with Crippen molar-refractivity contribution in [2.75, 3.05) is 26.2 Å². The number of amidine groups is 1. The van der Waals surface area contributed by atoms with E-state index in [1.165, 1.54) is 21.3 Å². The molecule has 3 amide bonds. The van der Waals surface area contributed by atoms with Crippen LogP contribution in [0.3, 0.4) is 0 Å². The predicted molar refractivity (Wildman–Crippen MR) is 107 cm³/mol. The van der Waals surface area contributed by atoms with Crippen LogP contribution in [0.1, 0.15) is 17.9 Å². The Morgan fingerprint density at radius 1 is 1.00 bits per heavy atom. The first-order valence-corrected chi connectivity index (χ1v) is 9.14. The van der Waals surface area contributed by atoms with Crippen molar-refractivity contribution in [1.29, 1.82) is 0 Å². The molecular formula is C21H21N3O5. The average Bonchev–Trinajstić information content (AvgIpc) is 3.07. The molecule has 4 rings (SSSR count). The molecule has 0 aliphatic carbocycles. The topological polar surface area (TPSA) is 89.5 Å². The van der Waals surface area contributed by atoms with E-state index in [-0.39, 0.29) is 18.2 Å². The van der Waals surface area contributed by atoms with Crippen LogP contribution in [0.25, 0.3) is 0 Å². The number of para-hydroxylation sites is 1. The standard InChI is InChI=1S/C21H21N3O5/c1-27-15-9-12(10-16(28-2)19(15)29-3)14-11-17(25)22-20-18(14)24(21(26)23-20)13-7-5-4-6-8-13/h4-10,14,18H,11H2,1-3H3,(H,22,23,25,26)/t14-,18-/m1/s1. The quantitative estimate of drug-likeness (QED) is 0.841. The summed E-state index contributed by atoms with van der Waals surface area (Å²) in [6, 6.07) is 12.1. The lowest BCUT2D eigenvalue weighted by atomic mass is 9.84. The van der Waals surface area contributed by atoms with Gasteiger partial charge in [-0.2, -0.15) is 4.99 Å². The van der Waals surface area contributed by atoms with Gasteiger partial charge >= 0.3 is 6.03 Å². The summed E-state index contributed by atoms with van der Waals surface area (Å²) in [6.07, 6.45) is 0.193. The number of anilines is 1. The molecule has 8 nitrogen and oxygen atoms in total. The first-order valence-electron chi connectivity index (χ1n) is 9.14. The maximum Gasteiger partial charge on any atom is 0.350 e. The largest absolute Gasteiger partial charge is 0.493 e. The lowest BCUT2D eigenvalue weighted by Gasteiger charge is -2.35. The number of ether oxygens (including phenoxy) is 3. The number of methoxy groups -OCH3 is 3. The molecule has 0 radical (unpaired) electrons. The number of amides is 3. The van der Waals surface area contributed by atoms with Crippen LogP contribution in [0.2, 0.25) is 0 Å². The van der Waals surface area contributed by atoms with Crippen LogP contribution < -0.4 is 24.4 Å². The Balaban J connectivity index is 1.83. The molecule has 29 heavy (non-hydrogen) atoms. The van der Waals surface area contributed by atoms with E-state index in [0.717, 1.165) is 11.3 Å². The van der Waals surface area contributed by atoms with Crippen molar-refractivity contribution in [3.05, 3.63) is 48.0 Å². The van der Waals surface area contributed by atoms with Crippen molar-refractivity contribution in [2.24, 2.45) is 4.99 Å². The minimum atomic E-state index is -0.439. The summed E-state index contributed by atoms with van der Waals surface area (Å²) < 4.78 is 16.3. The highest BCUT2D eigenvalue weighted by atomic mass is 16.5. The Bertz CT molecular complexity index is 964. The van der Waals surface area contributed by atoms with Crippen LogP contribution in [0.15, 0.2) is 47.5 Å². The van der Waals surface area contributed by atoms with Gasteiger partial charge in [-0.1, -0.05) is 18.2 Å². The summed E-state index contributed by atoms with van der Waals surface area (Å²) >= 11 is 0. The van der Waals surface area contributed by atoms with Gasteiger partial charge in [-0.05, 0) is 29.8 Å². The van der Waals surface area contributed by atoms with E-state index >= 15 is 0 Å². The summed E-state index contributed by atoms with van der Waals surface area (Å²) in [5, 5.41) is 2.75. The number of urea groups is 1. The van der Waals surface area contributed by atoms with Gasteiger partial charge in [0.2, 0.25) is 11.7 Å². The summed E-state index contributed by atoms with van der Waals surface area (Å²) in [5.74, 6) is 1.28. The Hall–Kier alpha value is -3.55. The lowest BCUT2D eigenvalue weighted by molar-refractivity contribution is -0.120. The lowest BCUT2D eigenvalue weighted by Crippen LogP contribution is -2.53. The SMILES string of the molecule is COc1cc([C@H]2CC(=O)NC3=NC(=O)N(c4ccccc4)[C@@H]32)cc(OC)c1OC. The molecule has 2 aromatic carbocycles. The summed E-state index contributed by atoms with van der Waals surface area (Å²) in [5.41, 5.74) is 1.51. The minimum Gasteiger partial charge on any atom is -0.493 e. The fourth-order valence-corrected chi connectivity index (χ4v) is 3.92. The van der Waals surface area contributed by atoms with E-state index in [0.29, 0.717) is 23.1 Å². The molecule has 0 spiro atoms. The second-order valence-electron chi connectivity index (χ2n) is 6.75. The van der Waals surface area contributed by atoms with E-state index in [2.05, 4.69) is 10.3 Å². The van der Waals surface area contributed by atoms with Crippen molar-refractivity contribution in [3.63, 3.8) is 0 Å². The van der Waals surface area contributed by atoms with Crippen LogP contribution in [-0.2, 0) is 4.79 Å². The fourth-order valence-electron chi connectivity index (χ4n) is 3.92. The number of hydrogen-bond donors (Lipinski definition) is 1. The van der Waals surface area contributed by atoms with Crippen LogP contribution in [0, 0.1) is 0 Å². The van der Waals surface area contributed by atoms with Crippen molar-refractivity contribution in [1.82, 2.24) is 5.32 Å². The Labute approximate surface area is 168 Å². The number of benzene rings is 2. The van der Waals surface area contributed by atoms with E-state index in [9.17, 15) is 9.59 Å². The molecule has 8 heteroatoms. The predicted octanol–water partition coefficient (Wildman–Crippen LogP) is 2.72. The van der Waals surface area contributed by atoms with Crippen LogP contribution >= 0.6 is 0 Å². The van der Waals surface area contributed by atoms with Gasteiger partial charge in [0, 0.05) is 18.0 Å². The zero-order valence-electron chi connectivity index (χ0n) is 16.3. The van der Waals surface area contributed by atoms with E-state index in [1.807, 2.05) is 42.5 Å². The molecule has 2 atom stereocenters. The number of nitrogens with zero attached hydrogens (tertiary/aromatic N) is 2. The van der Waals surface area contributed by atoms with Crippen molar-refractivity contribution < 1.29 is 23.8 Å². The molecule has 1 saturated heterocycles. The Morgan fingerprint density at radius 3 is 2.24 bits per heavy atom. The van der Waals surface area contributed by atoms with Crippen LogP contribution in [0.4, 0.5) is 10.5 Å². The molecule has 2 aromatic rings. The number of rotatable bonds is 5. The Kier molecular flexibility index (Phi) is 4.84. The number of piperidine rings is 1. The molecule has 0 bridgehead atoms. The highest BCUT2D eigenvalue weighted by Crippen LogP contribution is 2.44. The monoisotopic (exact) mass is 395 g/mol. The number of nitrogens with one attached hydrogen (secondary N) is 1. The smallest absolute Gasteiger partial charge is 0.350 e. The first kappa shape index (κ1) is 18.8. The molecule has 2 heterocycles. The average molecular weight is 395 g/mol. The van der Waals surface area contributed by atoms with Gasteiger partial charge in [0.15, 0.2) is 11.5 Å². The molecule has 0 aromatic heterocycles. The van der Waals surface area contributed by atoms with Crippen molar-refractivity contribution in [3.8, 4) is 17.2 Å². The van der Waals surface area contributed by atoms with Gasteiger partial charge in [0.05, 0.1) is 21.3 Å². The Morgan fingerprint density at radius 2 is 1.66 bits per heavy atom. The van der Waals surface area contributed by atoms with E-state index in [1.54, 1.807) is 4.90 Å². The molecule has 0 saturated carbocycles. The van der Waals surface area contributed by atoms with Crippen molar-refractivity contribution >= 4 is 23.5 Å². The molecule has 1 N–H and O–H groups in total. The molecular weight excluding hydrogens is 374 g/mol. The summed E-state index contributed by atoms with van der Waals surface area (Å²) in [7, 11) is 4.61. The van der Waals surface area contributed by atoms with E-state index in [4.69, 9.17) is 14.2 Å². The zero-order chi connectivity index (χ0) is 20.5. The number of carbonyl (C=O) groups excluding carboxylic acids is 2. The van der Waals surface area contributed by atoms with Gasteiger partial charge in [0.25, 0.3) is 0 Å². The second kappa shape index (κ2) is 7.46. The summed E-state index contributed by atoms with van der Waals surface area (Å²) in [4.78, 5) is 30.8. The third kappa shape index (κ3) is 3.16. The first-order chi connectivity index (χ1) is 14.1. The third-order valence-corrected chi connectivity index (χ3v) is 5.18. The maximum atomic E-state index is 12.7. The number of fused-ring (bicyclic) bond motifs is 1. The van der Waals surface area contributed by atoms with Gasteiger partial charge in [-0.3, -0.25) is 9.69 Å². The molecule has 1 fully saturated rings. The molecule has 2 aliphatic rings. The summed E-state index contributed by atoms with van der Waals surface area (Å²) in [6.45, 7) is 0. The van der Waals surface area contributed by atoms with Crippen molar-refractivity contribution in [2.45, 2.75) is 18.4 Å².